The van der Waals surface area contributed by atoms with Crippen LogP contribution in [0.4, 0.5) is 0 Å². The van der Waals surface area contributed by atoms with E-state index < -0.39 is 85.7 Å². The van der Waals surface area contributed by atoms with Crippen molar-refractivity contribution in [1.82, 2.24) is 0 Å². The number of ketones is 1. The predicted molar refractivity (Wildman–Crippen MR) is 141 cm³/mol. The van der Waals surface area contributed by atoms with Gasteiger partial charge in [0.2, 0.25) is 6.29 Å². The monoisotopic (exact) mass is 610 g/mol. The van der Waals surface area contributed by atoms with E-state index in [1.54, 1.807) is 6.07 Å². The van der Waals surface area contributed by atoms with E-state index in [1.165, 1.54) is 32.2 Å². The summed E-state index contributed by atoms with van der Waals surface area (Å²) in [6.45, 7) is 0.964. The lowest BCUT2D eigenvalue weighted by Gasteiger charge is -2.42. The number of methoxy groups -OCH3 is 1. The molecule has 43 heavy (non-hydrogen) atoms. The molecule has 1 unspecified atom stereocenters. The van der Waals surface area contributed by atoms with Gasteiger partial charge in [-0.1, -0.05) is 6.07 Å². The molecule has 3 aliphatic rings. The first-order chi connectivity index (χ1) is 20.4. The number of phenolic OH excluding ortho intramolecular Hbond substituents is 2. The summed E-state index contributed by atoms with van der Waals surface area (Å²) >= 11 is 0. The molecular formula is C28H34O15. The molecule has 0 bridgehead atoms. The van der Waals surface area contributed by atoms with E-state index in [0.29, 0.717) is 5.56 Å². The minimum atomic E-state index is -1.77. The summed E-state index contributed by atoms with van der Waals surface area (Å²) in [7, 11) is 1.39. The minimum Gasteiger partial charge on any atom is -0.507 e. The van der Waals surface area contributed by atoms with E-state index in [4.69, 9.17) is 28.4 Å². The van der Waals surface area contributed by atoms with Gasteiger partial charge in [0.05, 0.1) is 26.2 Å². The van der Waals surface area contributed by atoms with E-state index in [-0.39, 0.29) is 35.0 Å². The fraction of sp³-hybridized carbons (Fsp3) is 0.536. The summed E-state index contributed by atoms with van der Waals surface area (Å²) in [5.74, 6) is -0.999. The molecule has 2 aromatic carbocycles. The highest BCUT2D eigenvalue weighted by atomic mass is 16.7. The number of carbonyl (C=O) groups is 1. The van der Waals surface area contributed by atoms with Gasteiger partial charge in [-0.3, -0.25) is 4.79 Å². The van der Waals surface area contributed by atoms with Crippen LogP contribution in [0.3, 0.4) is 0 Å². The number of carbonyl (C=O) groups excluding carboxylic acids is 1. The Hall–Kier alpha value is -3.25. The van der Waals surface area contributed by atoms with Crippen LogP contribution in [-0.4, -0.2) is 122 Å². The van der Waals surface area contributed by atoms with Crippen LogP contribution in [0.2, 0.25) is 0 Å². The van der Waals surface area contributed by atoms with Gasteiger partial charge in [0, 0.05) is 12.1 Å². The molecule has 0 amide bonds. The molecule has 15 heteroatoms. The van der Waals surface area contributed by atoms with Gasteiger partial charge in [-0.05, 0) is 24.6 Å². The van der Waals surface area contributed by atoms with Crippen LogP contribution in [0.25, 0.3) is 0 Å². The van der Waals surface area contributed by atoms with Crippen LogP contribution >= 0.6 is 0 Å². The highest BCUT2D eigenvalue weighted by Gasteiger charge is 2.47. The summed E-state index contributed by atoms with van der Waals surface area (Å²) in [4.78, 5) is 12.9. The topological polar surface area (TPSA) is 234 Å². The van der Waals surface area contributed by atoms with Crippen molar-refractivity contribution in [1.29, 1.82) is 0 Å². The molecule has 3 aliphatic heterocycles. The molecule has 2 aromatic rings. The zero-order valence-electron chi connectivity index (χ0n) is 23.1. The predicted octanol–water partition coefficient (Wildman–Crippen LogP) is -1.16. The highest BCUT2D eigenvalue weighted by Crippen LogP contribution is 2.43. The molecule has 0 spiro atoms. The Balaban J connectivity index is 1.30. The molecule has 0 aliphatic carbocycles. The summed E-state index contributed by atoms with van der Waals surface area (Å²) in [6, 6.07) is 6.90. The van der Waals surface area contributed by atoms with Gasteiger partial charge < -0.3 is 69.3 Å². The molecule has 236 valence electrons. The van der Waals surface area contributed by atoms with E-state index >= 15 is 0 Å². The van der Waals surface area contributed by atoms with Crippen LogP contribution < -0.4 is 14.2 Å². The lowest BCUT2D eigenvalue weighted by atomic mass is 9.95. The van der Waals surface area contributed by atoms with Gasteiger partial charge in [-0.15, -0.1) is 0 Å². The Morgan fingerprint density at radius 2 is 1.53 bits per heavy atom. The summed E-state index contributed by atoms with van der Waals surface area (Å²) in [5, 5.41) is 82.2. The Morgan fingerprint density at radius 1 is 0.837 bits per heavy atom. The van der Waals surface area contributed by atoms with Gasteiger partial charge in [-0.2, -0.15) is 0 Å². The van der Waals surface area contributed by atoms with Gasteiger partial charge in [-0.25, -0.2) is 0 Å². The maximum Gasteiger partial charge on any atom is 0.229 e. The van der Waals surface area contributed by atoms with Crippen molar-refractivity contribution in [3.05, 3.63) is 41.5 Å². The number of rotatable bonds is 7. The molecule has 0 aromatic heterocycles. The van der Waals surface area contributed by atoms with E-state index in [1.807, 2.05) is 0 Å². The Bertz CT molecular complexity index is 1320. The molecule has 11 atom stereocenters. The van der Waals surface area contributed by atoms with Crippen LogP contribution in [0.1, 0.15) is 35.4 Å². The maximum absolute atomic E-state index is 12.9. The first-order valence-corrected chi connectivity index (χ1v) is 13.5. The van der Waals surface area contributed by atoms with Crippen molar-refractivity contribution < 1.29 is 74.1 Å². The third kappa shape index (κ3) is 6.08. The fourth-order valence-corrected chi connectivity index (χ4v) is 5.20. The molecular weight excluding hydrogens is 576 g/mol. The molecule has 8 N–H and O–H groups in total. The summed E-state index contributed by atoms with van der Waals surface area (Å²) in [5.41, 5.74) is 0.373. The number of aliphatic hydroxyl groups is 6. The van der Waals surface area contributed by atoms with Gasteiger partial charge in [0.15, 0.2) is 23.6 Å². The van der Waals surface area contributed by atoms with Gasteiger partial charge in [0.25, 0.3) is 0 Å². The van der Waals surface area contributed by atoms with E-state index in [2.05, 4.69) is 0 Å². The second-order valence-corrected chi connectivity index (χ2v) is 10.6. The summed E-state index contributed by atoms with van der Waals surface area (Å²) < 4.78 is 33.1. The summed E-state index contributed by atoms with van der Waals surface area (Å²) in [6.07, 6.45) is -15.9. The standard InChI is InChI=1S/C28H34O15/c1-10-21(32)23(34)25(36)27(40-10)39-9-19-22(33)24(35)26(37)28(43-19)41-12-6-14(30)20-15(31)8-17(42-18(20)7-12)11-3-4-16(38-2)13(29)5-11/h3-7,10,17,19,21-30,32-37H,8-9H2,1-2H3/t10-,17-,19+,21-,22+,23+,24-,25+,26+,27?,28+/m0/s1. The number of ether oxygens (including phenoxy) is 6. The SMILES string of the molecule is COc1ccc([C@@H]2CC(=O)c3c(O)cc(O[C@@H]4O[C@H](COC5O[C@@H](C)[C@H](O)[C@@H](O)[C@H]5O)[C@@H](O)[C@H](O)[C@H]4O)cc3O2)cc1O. The lowest BCUT2D eigenvalue weighted by molar-refractivity contribution is -0.318. The van der Waals surface area contributed by atoms with Crippen molar-refractivity contribution in [2.75, 3.05) is 13.7 Å². The Morgan fingerprint density at radius 3 is 2.23 bits per heavy atom. The minimum absolute atomic E-state index is 0.0457. The Labute approximate surface area is 245 Å². The van der Waals surface area contributed by atoms with Gasteiger partial charge in [0.1, 0.15) is 71.6 Å². The average molecular weight is 611 g/mol. The van der Waals surface area contributed by atoms with Crippen molar-refractivity contribution in [2.24, 2.45) is 0 Å². The van der Waals surface area contributed by atoms with E-state index in [0.717, 1.165) is 6.07 Å². The number of Topliss-reactive ketones (excluding diaryl/α,β-unsaturated/α-hetero) is 1. The third-order valence-corrected chi connectivity index (χ3v) is 7.70. The molecule has 2 fully saturated rings. The molecule has 3 heterocycles. The number of aromatic hydroxyl groups is 2. The number of benzene rings is 2. The fourth-order valence-electron chi connectivity index (χ4n) is 5.20. The largest absolute Gasteiger partial charge is 0.507 e. The molecule has 5 rings (SSSR count). The van der Waals surface area contributed by atoms with Crippen molar-refractivity contribution in [3.8, 4) is 28.7 Å². The maximum atomic E-state index is 12.9. The normalized spacial score (nSPS) is 36.0. The first kappa shape index (κ1) is 31.2. The average Bonchev–Trinajstić information content (AvgIpc) is 2.97. The molecule has 2 saturated heterocycles. The lowest BCUT2D eigenvalue weighted by Crippen LogP contribution is -2.61. The highest BCUT2D eigenvalue weighted by molar-refractivity contribution is 6.02. The molecule has 0 saturated carbocycles. The quantitative estimate of drug-likeness (QED) is 0.185. The zero-order valence-corrected chi connectivity index (χ0v) is 23.1. The Kier molecular flexibility index (Phi) is 8.99. The second kappa shape index (κ2) is 12.4. The number of hydrogen-bond acceptors (Lipinski definition) is 15. The van der Waals surface area contributed by atoms with Crippen molar-refractivity contribution >= 4 is 5.78 Å². The zero-order chi connectivity index (χ0) is 31.2. The number of fused-ring (bicyclic) bond motifs is 1. The van der Waals surface area contributed by atoms with Crippen molar-refractivity contribution in [2.45, 2.75) is 80.9 Å². The van der Waals surface area contributed by atoms with Crippen LogP contribution in [0, 0.1) is 0 Å². The van der Waals surface area contributed by atoms with Crippen LogP contribution in [0.15, 0.2) is 30.3 Å². The number of aliphatic hydroxyl groups excluding tert-OH is 6. The van der Waals surface area contributed by atoms with E-state index in [9.17, 15) is 45.6 Å². The second-order valence-electron chi connectivity index (χ2n) is 10.6. The van der Waals surface area contributed by atoms with Crippen LogP contribution in [0.5, 0.6) is 28.7 Å². The van der Waals surface area contributed by atoms with Gasteiger partial charge >= 0.3 is 0 Å². The first-order valence-electron chi connectivity index (χ1n) is 13.5. The molecule has 0 radical (unpaired) electrons. The van der Waals surface area contributed by atoms with Crippen molar-refractivity contribution in [3.63, 3.8) is 0 Å². The molecule has 15 nitrogen and oxygen atoms in total. The smallest absolute Gasteiger partial charge is 0.229 e. The number of hydrogen-bond donors (Lipinski definition) is 8. The number of phenols is 2. The third-order valence-electron chi connectivity index (χ3n) is 7.70. The van der Waals surface area contributed by atoms with Crippen LogP contribution in [-0.2, 0) is 14.2 Å².